The van der Waals surface area contributed by atoms with Crippen LogP contribution >= 0.6 is 0 Å². The van der Waals surface area contributed by atoms with Gasteiger partial charge >= 0.3 is 0 Å². The smallest absolute Gasteiger partial charge is 0.241 e. The molecule has 0 unspecified atom stereocenters. The van der Waals surface area contributed by atoms with Gasteiger partial charge in [-0.3, -0.25) is 5.41 Å². The monoisotopic (exact) mass is 196 g/mol. The van der Waals surface area contributed by atoms with Crippen molar-refractivity contribution in [2.75, 3.05) is 7.05 Å². The Balaban J connectivity index is 3.11. The predicted octanol–water partition coefficient (Wildman–Crippen LogP) is 0.883. The second-order valence-electron chi connectivity index (χ2n) is 2.74. The maximum atomic E-state index is 9.57. The summed E-state index contributed by atoms with van der Waals surface area (Å²) in [6.45, 7) is 1.56. The van der Waals surface area contributed by atoms with Crippen molar-refractivity contribution in [2.45, 2.75) is 6.92 Å². The van der Waals surface area contributed by atoms with E-state index < -0.39 is 0 Å². The van der Waals surface area contributed by atoms with Gasteiger partial charge in [0.2, 0.25) is 5.90 Å². The summed E-state index contributed by atoms with van der Waals surface area (Å²) in [5, 5.41) is 26.2. The normalized spacial score (nSPS) is 9.86. The molecule has 0 atom stereocenters. The molecule has 1 rings (SSSR count). The minimum atomic E-state index is -0.201. The van der Waals surface area contributed by atoms with Crippen molar-refractivity contribution in [3.05, 3.63) is 23.3 Å². The maximum absolute atomic E-state index is 9.57. The Hall–Kier alpha value is -1.75. The summed E-state index contributed by atoms with van der Waals surface area (Å²) in [5.74, 6) is -0.359. The molecule has 1 aromatic rings. The third-order valence-corrected chi connectivity index (χ3v) is 1.85. The van der Waals surface area contributed by atoms with Crippen molar-refractivity contribution in [2.24, 2.45) is 0 Å². The van der Waals surface area contributed by atoms with Gasteiger partial charge in [-0.05, 0) is 19.1 Å². The second-order valence-corrected chi connectivity index (χ2v) is 2.74. The number of hydroxylamine groups is 1. The highest BCUT2D eigenvalue weighted by molar-refractivity contribution is 5.95. The number of benzene rings is 1. The summed E-state index contributed by atoms with van der Waals surface area (Å²) in [5.41, 5.74) is 2.89. The molecule has 0 saturated heterocycles. The Morgan fingerprint density at radius 2 is 2.07 bits per heavy atom. The molecule has 0 radical (unpaired) electrons. The number of aromatic hydroxyl groups is 2. The molecule has 0 spiro atoms. The highest BCUT2D eigenvalue weighted by Gasteiger charge is 2.13. The van der Waals surface area contributed by atoms with Gasteiger partial charge in [0.1, 0.15) is 11.5 Å². The quantitative estimate of drug-likeness (QED) is 0.321. The molecule has 0 aliphatic carbocycles. The number of rotatable bonds is 2. The molecule has 5 heteroatoms. The van der Waals surface area contributed by atoms with Gasteiger partial charge in [0.25, 0.3) is 0 Å². The van der Waals surface area contributed by atoms with E-state index in [0.29, 0.717) is 5.56 Å². The van der Waals surface area contributed by atoms with Crippen LogP contribution in [0.3, 0.4) is 0 Å². The van der Waals surface area contributed by atoms with Gasteiger partial charge in [0, 0.05) is 12.6 Å². The summed E-state index contributed by atoms with van der Waals surface area (Å²) in [7, 11) is 1.51. The summed E-state index contributed by atoms with van der Waals surface area (Å²) in [6.07, 6.45) is 0. The minimum Gasteiger partial charge on any atom is -0.508 e. The van der Waals surface area contributed by atoms with Crippen LogP contribution in [0.2, 0.25) is 0 Å². The first-order valence-corrected chi connectivity index (χ1v) is 4.02. The van der Waals surface area contributed by atoms with Gasteiger partial charge in [-0.2, -0.15) is 5.48 Å². The van der Waals surface area contributed by atoms with Crippen LogP contribution in [0.25, 0.3) is 0 Å². The molecule has 1 aromatic carbocycles. The SMILES string of the molecule is CNOC(=N)c1ccc(O)c(C)c1O. The molecule has 5 nitrogen and oxygen atoms in total. The first-order valence-electron chi connectivity index (χ1n) is 4.02. The molecule has 14 heavy (non-hydrogen) atoms. The lowest BCUT2D eigenvalue weighted by Gasteiger charge is -2.09. The summed E-state index contributed by atoms with van der Waals surface area (Å²) >= 11 is 0. The number of hydrogen-bond acceptors (Lipinski definition) is 5. The highest BCUT2D eigenvalue weighted by Crippen LogP contribution is 2.29. The van der Waals surface area contributed by atoms with Crippen molar-refractivity contribution < 1.29 is 15.1 Å². The fourth-order valence-electron chi connectivity index (χ4n) is 1.03. The zero-order chi connectivity index (χ0) is 10.7. The zero-order valence-electron chi connectivity index (χ0n) is 7.96. The van der Waals surface area contributed by atoms with Crippen molar-refractivity contribution >= 4 is 5.90 Å². The van der Waals surface area contributed by atoms with E-state index in [2.05, 4.69) is 5.48 Å². The fourth-order valence-corrected chi connectivity index (χ4v) is 1.03. The number of phenols is 2. The zero-order valence-corrected chi connectivity index (χ0v) is 7.96. The van der Waals surface area contributed by atoms with E-state index in [1.54, 1.807) is 6.92 Å². The standard InChI is InChI=1S/C9H12N2O3/c1-5-7(12)4-3-6(8(5)13)9(10)14-11-2/h3-4,10-13H,1-2H3. The van der Waals surface area contributed by atoms with Crippen molar-refractivity contribution in [1.29, 1.82) is 5.41 Å². The van der Waals surface area contributed by atoms with E-state index in [1.165, 1.54) is 19.2 Å². The largest absolute Gasteiger partial charge is 0.508 e. The maximum Gasteiger partial charge on any atom is 0.241 e. The molecule has 0 aliphatic rings. The molecule has 76 valence electrons. The van der Waals surface area contributed by atoms with Crippen LogP contribution in [-0.4, -0.2) is 23.2 Å². The van der Waals surface area contributed by atoms with E-state index in [0.717, 1.165) is 0 Å². The molecule has 0 bridgehead atoms. The van der Waals surface area contributed by atoms with Crippen LogP contribution in [0.15, 0.2) is 12.1 Å². The van der Waals surface area contributed by atoms with Gasteiger partial charge in [-0.1, -0.05) is 0 Å². The van der Waals surface area contributed by atoms with Gasteiger partial charge in [-0.15, -0.1) is 0 Å². The van der Waals surface area contributed by atoms with E-state index in [1.807, 2.05) is 0 Å². The van der Waals surface area contributed by atoms with Crippen LogP contribution < -0.4 is 5.48 Å². The number of phenolic OH excluding ortho intramolecular Hbond substituents is 2. The van der Waals surface area contributed by atoms with Crippen LogP contribution in [0.1, 0.15) is 11.1 Å². The van der Waals surface area contributed by atoms with Gasteiger partial charge in [0.15, 0.2) is 0 Å². The Kier molecular flexibility index (Phi) is 2.93. The molecule has 0 aromatic heterocycles. The van der Waals surface area contributed by atoms with Crippen molar-refractivity contribution in [3.8, 4) is 11.5 Å². The Morgan fingerprint density at radius 1 is 1.43 bits per heavy atom. The first-order chi connectivity index (χ1) is 6.57. The molecule has 0 heterocycles. The molecule has 0 amide bonds. The summed E-state index contributed by atoms with van der Waals surface area (Å²) in [4.78, 5) is 4.70. The lowest BCUT2D eigenvalue weighted by Crippen LogP contribution is -2.15. The Labute approximate surface area is 81.4 Å². The van der Waals surface area contributed by atoms with Gasteiger partial charge in [0.05, 0.1) is 5.56 Å². The van der Waals surface area contributed by atoms with Crippen molar-refractivity contribution in [1.82, 2.24) is 5.48 Å². The van der Waals surface area contributed by atoms with Gasteiger partial charge < -0.3 is 15.1 Å². The Bertz CT molecular complexity index is 363. The lowest BCUT2D eigenvalue weighted by atomic mass is 10.1. The second kappa shape index (κ2) is 3.97. The molecule has 0 aliphatic heterocycles. The first kappa shape index (κ1) is 10.3. The molecule has 0 fully saturated rings. The summed E-state index contributed by atoms with van der Waals surface area (Å²) < 4.78 is 0. The number of hydrogen-bond donors (Lipinski definition) is 4. The third-order valence-electron chi connectivity index (χ3n) is 1.85. The lowest BCUT2D eigenvalue weighted by molar-refractivity contribution is 0.207. The number of nitrogens with one attached hydrogen (secondary N) is 2. The molecule has 0 saturated carbocycles. The third kappa shape index (κ3) is 1.77. The van der Waals surface area contributed by atoms with Crippen LogP contribution in [0, 0.1) is 12.3 Å². The topological polar surface area (TPSA) is 85.6 Å². The summed E-state index contributed by atoms with van der Waals surface area (Å²) in [6, 6.07) is 2.81. The van der Waals surface area contributed by atoms with Crippen LogP contribution in [0.5, 0.6) is 11.5 Å². The van der Waals surface area contributed by atoms with Crippen molar-refractivity contribution in [3.63, 3.8) is 0 Å². The average molecular weight is 196 g/mol. The van der Waals surface area contributed by atoms with E-state index >= 15 is 0 Å². The predicted molar refractivity (Wildman–Crippen MR) is 51.5 cm³/mol. The van der Waals surface area contributed by atoms with Crippen LogP contribution in [0.4, 0.5) is 0 Å². The minimum absolute atomic E-state index is 0.0106. The van der Waals surface area contributed by atoms with Gasteiger partial charge in [-0.25, -0.2) is 0 Å². The van der Waals surface area contributed by atoms with E-state index in [4.69, 9.17) is 10.2 Å². The highest BCUT2D eigenvalue weighted by atomic mass is 16.6. The van der Waals surface area contributed by atoms with E-state index in [-0.39, 0.29) is 23.0 Å². The molecular formula is C9H12N2O3. The average Bonchev–Trinajstić information content (AvgIpc) is 2.15. The Morgan fingerprint density at radius 3 is 2.64 bits per heavy atom. The van der Waals surface area contributed by atoms with Crippen LogP contribution in [-0.2, 0) is 4.84 Å². The van der Waals surface area contributed by atoms with E-state index in [9.17, 15) is 10.2 Å². The molecule has 4 N–H and O–H groups in total. The molecular weight excluding hydrogens is 184 g/mol. The fraction of sp³-hybridized carbons (Fsp3) is 0.222.